The largest absolute Gasteiger partial charge is 0.325 e. The number of urea groups is 1. The Hall–Kier alpha value is -3.29. The van der Waals surface area contributed by atoms with Gasteiger partial charge in [0.25, 0.3) is 5.91 Å². The van der Waals surface area contributed by atoms with E-state index in [1.54, 1.807) is 19.1 Å². The van der Waals surface area contributed by atoms with Crippen LogP contribution in [-0.4, -0.2) is 29.3 Å². The second-order valence-electron chi connectivity index (χ2n) is 7.07. The summed E-state index contributed by atoms with van der Waals surface area (Å²) in [6.45, 7) is 3.10. The van der Waals surface area contributed by atoms with Gasteiger partial charge in [-0.1, -0.05) is 37.6 Å². The number of rotatable bonds is 6. The SMILES string of the molecule is CCCc1ccc(C2(C)NC(=O)N(CC(=O)Nc3ccc(F)c(F)c3)C2=O)cc1. The second kappa shape index (κ2) is 7.98. The number of halogens is 2. The summed E-state index contributed by atoms with van der Waals surface area (Å²) < 4.78 is 26.3. The normalized spacial score (nSPS) is 18.7. The molecule has 2 aromatic carbocycles. The fourth-order valence-electron chi connectivity index (χ4n) is 3.25. The van der Waals surface area contributed by atoms with E-state index in [9.17, 15) is 23.2 Å². The van der Waals surface area contributed by atoms with Crippen molar-refractivity contribution in [3.63, 3.8) is 0 Å². The zero-order valence-electron chi connectivity index (χ0n) is 16.1. The molecule has 152 valence electrons. The van der Waals surface area contributed by atoms with Crippen LogP contribution in [-0.2, 0) is 21.5 Å². The van der Waals surface area contributed by atoms with E-state index < -0.39 is 41.6 Å². The Morgan fingerprint density at radius 1 is 1.10 bits per heavy atom. The summed E-state index contributed by atoms with van der Waals surface area (Å²) >= 11 is 0. The Kier molecular flexibility index (Phi) is 5.63. The van der Waals surface area contributed by atoms with Gasteiger partial charge < -0.3 is 10.6 Å². The number of hydrogen-bond acceptors (Lipinski definition) is 3. The van der Waals surface area contributed by atoms with Crippen LogP contribution in [0.15, 0.2) is 42.5 Å². The number of hydrogen-bond donors (Lipinski definition) is 2. The maximum absolute atomic E-state index is 13.3. The highest BCUT2D eigenvalue weighted by Gasteiger charge is 2.49. The third-order valence-corrected chi connectivity index (χ3v) is 4.85. The quantitative estimate of drug-likeness (QED) is 0.729. The zero-order valence-corrected chi connectivity index (χ0v) is 16.1. The Balaban J connectivity index is 1.72. The predicted molar refractivity (Wildman–Crippen MR) is 103 cm³/mol. The Labute approximate surface area is 166 Å². The molecule has 0 saturated carbocycles. The lowest BCUT2D eigenvalue weighted by atomic mass is 9.91. The van der Waals surface area contributed by atoms with Gasteiger partial charge in [0.15, 0.2) is 11.6 Å². The highest BCUT2D eigenvalue weighted by atomic mass is 19.2. The molecule has 6 nitrogen and oxygen atoms in total. The van der Waals surface area contributed by atoms with E-state index in [-0.39, 0.29) is 5.69 Å². The van der Waals surface area contributed by atoms with Crippen molar-refractivity contribution >= 4 is 23.5 Å². The molecule has 29 heavy (non-hydrogen) atoms. The number of carbonyl (C=O) groups excluding carboxylic acids is 3. The van der Waals surface area contributed by atoms with Gasteiger partial charge in [0.1, 0.15) is 12.1 Å². The van der Waals surface area contributed by atoms with Crippen molar-refractivity contribution in [3.05, 3.63) is 65.2 Å². The molecule has 0 aromatic heterocycles. The van der Waals surface area contributed by atoms with Crippen molar-refractivity contribution in [1.29, 1.82) is 0 Å². The molecule has 1 aliphatic rings. The summed E-state index contributed by atoms with van der Waals surface area (Å²) in [7, 11) is 0. The average molecular weight is 401 g/mol. The van der Waals surface area contributed by atoms with Crippen molar-refractivity contribution in [2.24, 2.45) is 0 Å². The van der Waals surface area contributed by atoms with Crippen molar-refractivity contribution in [1.82, 2.24) is 10.2 Å². The maximum atomic E-state index is 13.3. The van der Waals surface area contributed by atoms with Gasteiger partial charge in [-0.2, -0.15) is 0 Å². The van der Waals surface area contributed by atoms with E-state index >= 15 is 0 Å². The number of nitrogens with zero attached hydrogens (tertiary/aromatic N) is 1. The topological polar surface area (TPSA) is 78.5 Å². The lowest BCUT2D eigenvalue weighted by Crippen LogP contribution is -2.42. The highest BCUT2D eigenvalue weighted by molar-refractivity contribution is 6.10. The lowest BCUT2D eigenvalue weighted by molar-refractivity contribution is -0.133. The maximum Gasteiger partial charge on any atom is 0.325 e. The van der Waals surface area contributed by atoms with Crippen LogP contribution in [0.3, 0.4) is 0 Å². The molecule has 0 spiro atoms. The number of aryl methyl sites for hydroxylation is 1. The number of anilines is 1. The first kappa shape index (κ1) is 20.4. The minimum Gasteiger partial charge on any atom is -0.324 e. The number of amides is 4. The monoisotopic (exact) mass is 401 g/mol. The molecule has 3 rings (SSSR count). The minimum absolute atomic E-state index is 0.0234. The number of imide groups is 1. The third kappa shape index (κ3) is 4.11. The molecular formula is C21H21F2N3O3. The van der Waals surface area contributed by atoms with E-state index in [4.69, 9.17) is 0 Å². The zero-order chi connectivity index (χ0) is 21.2. The van der Waals surface area contributed by atoms with Crippen LogP contribution < -0.4 is 10.6 Å². The smallest absolute Gasteiger partial charge is 0.324 e. The van der Waals surface area contributed by atoms with E-state index in [1.165, 1.54) is 6.07 Å². The Bertz CT molecular complexity index is 962. The predicted octanol–water partition coefficient (Wildman–Crippen LogP) is 3.32. The Morgan fingerprint density at radius 2 is 1.79 bits per heavy atom. The van der Waals surface area contributed by atoms with Gasteiger partial charge in [0, 0.05) is 11.8 Å². The molecule has 1 fully saturated rings. The van der Waals surface area contributed by atoms with Gasteiger partial charge in [0.2, 0.25) is 5.91 Å². The van der Waals surface area contributed by atoms with Gasteiger partial charge in [-0.05, 0) is 36.6 Å². The summed E-state index contributed by atoms with van der Waals surface area (Å²) in [5.74, 6) is -3.43. The van der Waals surface area contributed by atoms with Gasteiger partial charge in [0.05, 0.1) is 0 Å². The van der Waals surface area contributed by atoms with Gasteiger partial charge in [-0.3, -0.25) is 14.5 Å². The van der Waals surface area contributed by atoms with Crippen molar-refractivity contribution in [3.8, 4) is 0 Å². The van der Waals surface area contributed by atoms with Crippen LogP contribution in [0, 0.1) is 11.6 Å². The summed E-state index contributed by atoms with van der Waals surface area (Å²) in [5.41, 5.74) is 0.471. The van der Waals surface area contributed by atoms with Crippen LogP contribution in [0.1, 0.15) is 31.4 Å². The molecular weight excluding hydrogens is 380 g/mol. The second-order valence-corrected chi connectivity index (χ2v) is 7.07. The number of benzene rings is 2. The molecule has 1 atom stereocenters. The molecule has 2 aromatic rings. The van der Waals surface area contributed by atoms with Crippen LogP contribution in [0.2, 0.25) is 0 Å². The molecule has 1 aliphatic heterocycles. The first-order valence-electron chi connectivity index (χ1n) is 9.23. The van der Waals surface area contributed by atoms with Crippen LogP contribution in [0.4, 0.5) is 19.3 Å². The molecule has 8 heteroatoms. The highest BCUT2D eigenvalue weighted by Crippen LogP contribution is 2.29. The fourth-order valence-corrected chi connectivity index (χ4v) is 3.25. The van der Waals surface area contributed by atoms with E-state index in [1.807, 2.05) is 12.1 Å². The summed E-state index contributed by atoms with van der Waals surface area (Å²) in [4.78, 5) is 38.2. The molecule has 1 heterocycles. The van der Waals surface area contributed by atoms with Crippen LogP contribution in [0.5, 0.6) is 0 Å². The summed E-state index contributed by atoms with van der Waals surface area (Å²) in [6.07, 6.45) is 1.90. The minimum atomic E-state index is -1.29. The average Bonchev–Trinajstić information content (AvgIpc) is 2.89. The molecule has 4 amide bonds. The van der Waals surface area contributed by atoms with Gasteiger partial charge >= 0.3 is 6.03 Å². The van der Waals surface area contributed by atoms with Crippen molar-refractivity contribution < 1.29 is 23.2 Å². The first-order chi connectivity index (χ1) is 13.7. The van der Waals surface area contributed by atoms with E-state index in [0.29, 0.717) is 5.56 Å². The van der Waals surface area contributed by atoms with Gasteiger partial charge in [-0.25, -0.2) is 13.6 Å². The fraction of sp³-hybridized carbons (Fsp3) is 0.286. The summed E-state index contributed by atoms with van der Waals surface area (Å²) in [6, 6.07) is 9.56. The van der Waals surface area contributed by atoms with Crippen LogP contribution in [0.25, 0.3) is 0 Å². The molecule has 2 N–H and O–H groups in total. The van der Waals surface area contributed by atoms with E-state index in [2.05, 4.69) is 17.6 Å². The van der Waals surface area contributed by atoms with Crippen molar-refractivity contribution in [2.45, 2.75) is 32.2 Å². The van der Waals surface area contributed by atoms with Crippen molar-refractivity contribution in [2.75, 3.05) is 11.9 Å². The standard InChI is InChI=1S/C21H21F2N3O3/c1-3-4-13-5-7-14(8-6-13)21(2)19(28)26(20(29)25-21)12-18(27)24-15-9-10-16(22)17(23)11-15/h5-11H,3-4,12H2,1-2H3,(H,24,27)(H,25,29). The van der Waals surface area contributed by atoms with Gasteiger partial charge in [-0.15, -0.1) is 0 Å². The molecule has 0 bridgehead atoms. The molecule has 0 aliphatic carbocycles. The van der Waals surface area contributed by atoms with E-state index in [0.717, 1.165) is 35.4 Å². The van der Waals surface area contributed by atoms with Crippen LogP contribution >= 0.6 is 0 Å². The third-order valence-electron chi connectivity index (χ3n) is 4.85. The lowest BCUT2D eigenvalue weighted by Gasteiger charge is -2.22. The number of carbonyl (C=O) groups is 3. The molecule has 1 saturated heterocycles. The number of nitrogens with one attached hydrogen (secondary N) is 2. The molecule has 1 unspecified atom stereocenters. The molecule has 0 radical (unpaired) electrons. The first-order valence-corrected chi connectivity index (χ1v) is 9.23. The summed E-state index contributed by atoms with van der Waals surface area (Å²) in [5, 5.41) is 4.98. The Morgan fingerprint density at radius 3 is 2.41 bits per heavy atom.